The first-order valence-corrected chi connectivity index (χ1v) is 7.03. The predicted octanol–water partition coefficient (Wildman–Crippen LogP) is 4.35. The van der Waals surface area contributed by atoms with Crippen LogP contribution in [0.15, 0.2) is 28.7 Å². The molecule has 0 radical (unpaired) electrons. The second-order valence-electron chi connectivity index (χ2n) is 4.83. The molecule has 1 atom stereocenters. The topological polar surface area (TPSA) is 25.2 Å². The van der Waals surface area contributed by atoms with Gasteiger partial charge in [-0.1, -0.05) is 13.8 Å². The summed E-state index contributed by atoms with van der Waals surface area (Å²) >= 11 is 0. The van der Waals surface area contributed by atoms with Gasteiger partial charge in [-0.25, -0.2) is 13.2 Å². The zero-order valence-electron chi connectivity index (χ0n) is 12.1. The second-order valence-corrected chi connectivity index (χ2v) is 4.83. The van der Waals surface area contributed by atoms with Crippen molar-refractivity contribution < 1.29 is 17.6 Å². The molecule has 1 aromatic carbocycles. The highest BCUT2D eigenvalue weighted by molar-refractivity contribution is 5.30. The van der Waals surface area contributed by atoms with Crippen LogP contribution < -0.4 is 5.32 Å². The molecule has 5 heteroatoms. The molecule has 1 heterocycles. The van der Waals surface area contributed by atoms with E-state index in [9.17, 15) is 13.2 Å². The molecule has 0 saturated carbocycles. The van der Waals surface area contributed by atoms with Gasteiger partial charge < -0.3 is 9.73 Å². The van der Waals surface area contributed by atoms with Gasteiger partial charge in [0.15, 0.2) is 0 Å². The van der Waals surface area contributed by atoms with E-state index in [1.54, 1.807) is 12.1 Å². The summed E-state index contributed by atoms with van der Waals surface area (Å²) in [5.74, 6) is -1.62. The SMILES string of the molecule is CCCNC(c1ccc(CC)o1)c1c(F)cc(F)cc1F. The van der Waals surface area contributed by atoms with Crippen molar-refractivity contribution in [2.75, 3.05) is 6.54 Å². The van der Waals surface area contributed by atoms with Crippen molar-refractivity contribution in [2.24, 2.45) is 0 Å². The zero-order chi connectivity index (χ0) is 15.4. The van der Waals surface area contributed by atoms with Crippen LogP contribution in [0.25, 0.3) is 0 Å². The molecule has 2 aromatic rings. The number of aryl methyl sites for hydroxylation is 1. The molecule has 0 saturated heterocycles. The first kappa shape index (κ1) is 15.6. The molecule has 0 spiro atoms. The number of hydrogen-bond acceptors (Lipinski definition) is 2. The Balaban J connectivity index is 2.45. The molecular formula is C16H18F3NO. The van der Waals surface area contributed by atoms with Crippen molar-refractivity contribution in [1.29, 1.82) is 0 Å². The smallest absolute Gasteiger partial charge is 0.134 e. The minimum absolute atomic E-state index is 0.221. The molecule has 2 nitrogen and oxygen atoms in total. The highest BCUT2D eigenvalue weighted by Crippen LogP contribution is 2.29. The van der Waals surface area contributed by atoms with Gasteiger partial charge in [0, 0.05) is 24.1 Å². The number of furan rings is 1. The van der Waals surface area contributed by atoms with E-state index in [1.807, 2.05) is 13.8 Å². The van der Waals surface area contributed by atoms with Crippen molar-refractivity contribution in [3.8, 4) is 0 Å². The number of rotatable bonds is 6. The van der Waals surface area contributed by atoms with Gasteiger partial charge in [0.05, 0.1) is 6.04 Å². The Morgan fingerprint density at radius 1 is 1.10 bits per heavy atom. The van der Waals surface area contributed by atoms with E-state index < -0.39 is 23.5 Å². The summed E-state index contributed by atoms with van der Waals surface area (Å²) in [5, 5.41) is 3.04. The summed E-state index contributed by atoms with van der Waals surface area (Å²) in [4.78, 5) is 0. The third-order valence-corrected chi connectivity index (χ3v) is 3.25. The van der Waals surface area contributed by atoms with Crippen LogP contribution in [0.4, 0.5) is 13.2 Å². The Kier molecular flexibility index (Phi) is 5.07. The van der Waals surface area contributed by atoms with Crippen LogP contribution in [0.5, 0.6) is 0 Å². The largest absolute Gasteiger partial charge is 0.464 e. The summed E-state index contributed by atoms with van der Waals surface area (Å²) in [5.41, 5.74) is -0.221. The average molecular weight is 297 g/mol. The normalized spacial score (nSPS) is 12.6. The Morgan fingerprint density at radius 2 is 1.76 bits per heavy atom. The molecule has 114 valence electrons. The van der Waals surface area contributed by atoms with E-state index >= 15 is 0 Å². The highest BCUT2D eigenvalue weighted by Gasteiger charge is 2.25. The van der Waals surface area contributed by atoms with Crippen LogP contribution in [0, 0.1) is 17.5 Å². The van der Waals surface area contributed by atoms with Gasteiger partial charge in [0.25, 0.3) is 0 Å². The van der Waals surface area contributed by atoms with E-state index in [4.69, 9.17) is 4.42 Å². The Morgan fingerprint density at radius 3 is 2.29 bits per heavy atom. The molecule has 0 fully saturated rings. The van der Waals surface area contributed by atoms with Crippen molar-refractivity contribution in [3.63, 3.8) is 0 Å². The predicted molar refractivity (Wildman–Crippen MR) is 74.5 cm³/mol. The summed E-state index contributed by atoms with van der Waals surface area (Å²) in [6.45, 7) is 4.43. The molecule has 0 amide bonds. The average Bonchev–Trinajstić information content (AvgIpc) is 2.90. The lowest BCUT2D eigenvalue weighted by molar-refractivity contribution is 0.402. The Bertz CT molecular complexity index is 586. The van der Waals surface area contributed by atoms with Gasteiger partial charge in [0.1, 0.15) is 29.0 Å². The molecule has 2 rings (SSSR count). The quantitative estimate of drug-likeness (QED) is 0.857. The molecule has 1 unspecified atom stereocenters. The second kappa shape index (κ2) is 6.80. The third kappa shape index (κ3) is 3.47. The van der Waals surface area contributed by atoms with E-state index in [0.29, 0.717) is 30.9 Å². The molecule has 1 aromatic heterocycles. The lowest BCUT2D eigenvalue weighted by Crippen LogP contribution is -2.25. The van der Waals surface area contributed by atoms with Crippen molar-refractivity contribution >= 4 is 0 Å². The van der Waals surface area contributed by atoms with Crippen molar-refractivity contribution in [2.45, 2.75) is 32.7 Å². The fourth-order valence-electron chi connectivity index (χ4n) is 2.20. The van der Waals surface area contributed by atoms with Gasteiger partial charge in [0.2, 0.25) is 0 Å². The number of nitrogens with one attached hydrogen (secondary N) is 1. The third-order valence-electron chi connectivity index (χ3n) is 3.25. The maximum Gasteiger partial charge on any atom is 0.134 e. The van der Waals surface area contributed by atoms with Gasteiger partial charge >= 0.3 is 0 Å². The van der Waals surface area contributed by atoms with Crippen LogP contribution in [0.1, 0.15) is 43.4 Å². The van der Waals surface area contributed by atoms with Gasteiger partial charge in [-0.2, -0.15) is 0 Å². The zero-order valence-corrected chi connectivity index (χ0v) is 12.1. The minimum atomic E-state index is -0.934. The molecule has 0 aliphatic carbocycles. The Hall–Kier alpha value is -1.75. The van der Waals surface area contributed by atoms with E-state index in [-0.39, 0.29) is 5.56 Å². The molecule has 0 aliphatic heterocycles. The van der Waals surface area contributed by atoms with Crippen LogP contribution in [-0.2, 0) is 6.42 Å². The molecule has 0 aliphatic rings. The molecule has 1 N–H and O–H groups in total. The van der Waals surface area contributed by atoms with Crippen molar-refractivity contribution in [1.82, 2.24) is 5.32 Å². The first-order valence-electron chi connectivity index (χ1n) is 7.03. The standard InChI is InChI=1S/C16H18F3NO/c1-3-7-20-16(14-6-5-11(4-2)21-14)15-12(18)8-10(17)9-13(15)19/h5-6,8-9,16,20H,3-4,7H2,1-2H3. The summed E-state index contributed by atoms with van der Waals surface area (Å²) < 4.78 is 46.7. The fourth-order valence-corrected chi connectivity index (χ4v) is 2.20. The summed E-state index contributed by atoms with van der Waals surface area (Å²) in [7, 11) is 0. The summed E-state index contributed by atoms with van der Waals surface area (Å²) in [6.07, 6.45) is 1.48. The van der Waals surface area contributed by atoms with E-state index in [1.165, 1.54) is 0 Å². The van der Waals surface area contributed by atoms with Crippen LogP contribution in [-0.4, -0.2) is 6.54 Å². The van der Waals surface area contributed by atoms with Gasteiger partial charge in [-0.3, -0.25) is 0 Å². The molecule has 0 bridgehead atoms. The molecular weight excluding hydrogens is 279 g/mol. The van der Waals surface area contributed by atoms with E-state index in [0.717, 1.165) is 12.2 Å². The number of hydrogen-bond donors (Lipinski definition) is 1. The van der Waals surface area contributed by atoms with Gasteiger partial charge in [-0.15, -0.1) is 0 Å². The fraction of sp³-hybridized carbons (Fsp3) is 0.375. The highest BCUT2D eigenvalue weighted by atomic mass is 19.1. The molecule has 21 heavy (non-hydrogen) atoms. The number of halogens is 3. The monoisotopic (exact) mass is 297 g/mol. The van der Waals surface area contributed by atoms with Crippen molar-refractivity contribution in [3.05, 3.63) is 58.8 Å². The Labute approximate surface area is 122 Å². The van der Waals surface area contributed by atoms with E-state index in [2.05, 4.69) is 5.32 Å². The minimum Gasteiger partial charge on any atom is -0.464 e. The lowest BCUT2D eigenvalue weighted by Gasteiger charge is -2.18. The maximum atomic E-state index is 14.0. The summed E-state index contributed by atoms with van der Waals surface area (Å²) in [6, 6.07) is 4.06. The van der Waals surface area contributed by atoms with Crippen LogP contribution >= 0.6 is 0 Å². The first-order chi connectivity index (χ1) is 10.1. The van der Waals surface area contributed by atoms with Gasteiger partial charge in [-0.05, 0) is 25.1 Å². The number of benzene rings is 1. The lowest BCUT2D eigenvalue weighted by atomic mass is 10.0. The van der Waals surface area contributed by atoms with Crippen LogP contribution in [0.2, 0.25) is 0 Å². The van der Waals surface area contributed by atoms with Crippen LogP contribution in [0.3, 0.4) is 0 Å². The maximum absolute atomic E-state index is 14.0.